The molecular weight excluding hydrogens is 1200 g/mol. The molecule has 2 aromatic carbocycles. The summed E-state index contributed by atoms with van der Waals surface area (Å²) in [6.45, 7) is 13.5. The lowest BCUT2D eigenvalue weighted by atomic mass is 9.33. The lowest BCUT2D eigenvalue weighted by molar-refractivity contribution is -0.370. The van der Waals surface area contributed by atoms with Gasteiger partial charge >= 0.3 is 5.97 Å². The molecule has 0 spiro atoms. The Labute approximate surface area is 536 Å². The summed E-state index contributed by atoms with van der Waals surface area (Å²) in [6, 6.07) is 9.72. The van der Waals surface area contributed by atoms with E-state index in [1.807, 2.05) is 6.92 Å². The lowest BCUT2D eigenvalue weighted by Crippen LogP contribution is -2.69. The highest BCUT2D eigenvalue weighted by Gasteiger charge is 2.72. The van der Waals surface area contributed by atoms with Crippen molar-refractivity contribution in [3.63, 3.8) is 0 Å². The molecule has 24 heteroatoms. The number of hydrogen-bond donors (Lipinski definition) is 12. The number of aliphatic hydroxyl groups excluding tert-OH is 9. The Morgan fingerprint density at radius 2 is 1.46 bits per heavy atom. The number of phenolic OH excluding ortho intramolecular Hbond substituents is 1. The summed E-state index contributed by atoms with van der Waals surface area (Å²) in [6.07, 6.45) is -14.1. The van der Waals surface area contributed by atoms with Gasteiger partial charge in [0.2, 0.25) is 12.2 Å². The number of allylic oxidation sites excluding steroid dienone is 2. The van der Waals surface area contributed by atoms with Crippen molar-refractivity contribution in [1.29, 1.82) is 0 Å². The van der Waals surface area contributed by atoms with Crippen molar-refractivity contribution < 1.29 is 108 Å². The van der Waals surface area contributed by atoms with Gasteiger partial charge in [-0.25, -0.2) is 0 Å². The van der Waals surface area contributed by atoms with Gasteiger partial charge < -0.3 is 99.7 Å². The zero-order chi connectivity index (χ0) is 66.6. The van der Waals surface area contributed by atoms with Crippen LogP contribution in [-0.4, -0.2) is 199 Å². The second kappa shape index (κ2) is 27.2. The van der Waals surface area contributed by atoms with E-state index in [0.717, 1.165) is 24.7 Å². The predicted molar refractivity (Wildman–Crippen MR) is 326 cm³/mol. The smallest absolute Gasteiger partial charge is 0.317 e. The van der Waals surface area contributed by atoms with Crippen LogP contribution in [-0.2, 0) is 49.4 Å². The molecule has 14 unspecified atom stereocenters. The van der Waals surface area contributed by atoms with Crippen LogP contribution in [0.3, 0.4) is 0 Å². The molecule has 0 bridgehead atoms. The van der Waals surface area contributed by atoms with E-state index in [2.05, 4.69) is 51.3 Å². The van der Waals surface area contributed by atoms with E-state index in [4.69, 9.17) is 33.2 Å². The number of benzene rings is 2. The van der Waals surface area contributed by atoms with Crippen molar-refractivity contribution in [3.8, 4) is 11.5 Å². The summed E-state index contributed by atoms with van der Waals surface area (Å²) in [5.41, 5.74) is -1.94. The molecular formula is C68H96N2O22. The number of aldehydes is 2. The van der Waals surface area contributed by atoms with Crippen molar-refractivity contribution >= 4 is 30.4 Å². The number of ether oxygens (including phenoxy) is 7. The number of unbranched alkanes of at least 4 members (excludes halogenated alkanes) is 2. The van der Waals surface area contributed by atoms with Gasteiger partial charge in [0, 0.05) is 18.5 Å². The quantitative estimate of drug-likeness (QED) is 0.0392. The van der Waals surface area contributed by atoms with Gasteiger partial charge in [-0.15, -0.1) is 0 Å². The molecule has 10 rings (SSSR count). The van der Waals surface area contributed by atoms with Crippen LogP contribution in [0.1, 0.15) is 158 Å². The van der Waals surface area contributed by atoms with Gasteiger partial charge in [0.15, 0.2) is 25.0 Å². The molecule has 7 fully saturated rings. The Hall–Kier alpha value is -5.03. The number of carbonyl (C=O) groups excluding carboxylic acids is 5. The van der Waals surface area contributed by atoms with E-state index < -0.39 is 151 Å². The van der Waals surface area contributed by atoms with E-state index in [9.17, 15) is 70.2 Å². The molecule has 4 saturated carbocycles. The first-order valence-corrected chi connectivity index (χ1v) is 32.8. The minimum Gasteiger partial charge on any atom is -0.507 e. The highest BCUT2D eigenvalue weighted by molar-refractivity contribution is 5.94. The van der Waals surface area contributed by atoms with Crippen LogP contribution in [0.25, 0.3) is 0 Å². The molecule has 0 radical (unpaired) electrons. The molecule has 2 amide bonds. The molecule has 5 aliphatic carbocycles. The number of esters is 1. The molecule has 24 nitrogen and oxygen atoms in total. The number of rotatable bonds is 20. The normalized spacial score (nSPS) is 42.3. The third kappa shape index (κ3) is 12.6. The van der Waals surface area contributed by atoms with Gasteiger partial charge in [-0.3, -0.25) is 19.2 Å². The van der Waals surface area contributed by atoms with Crippen LogP contribution >= 0.6 is 0 Å². The van der Waals surface area contributed by atoms with Crippen molar-refractivity contribution in [2.24, 2.45) is 50.2 Å². The highest BCUT2D eigenvalue weighted by atomic mass is 16.8. The minimum atomic E-state index is -1.99. The minimum absolute atomic E-state index is 0.0298. The SMILES string of the molecule is C[C@H]1O[C@@H](OC2C(O)C(NC(=O)CCCCCNC(=O)c3ccc(COc4cccc(O)c4C=O)cc3)[C@@H](CO)O[C@H]2OC(=O)C23CCC(C)(C)CC2C2=CCC4C5(C)CCC(O)C(C)(C=O)[C@@H]5CC[C@@]4(C)[C@]2(C)C[C@@H]3O)C(O)C(O)C1O[C@@H]1OC[C@@H](O)C(O)C1O. The fourth-order valence-corrected chi connectivity index (χ4v) is 17.7. The summed E-state index contributed by atoms with van der Waals surface area (Å²) >= 11 is 0. The molecule has 3 saturated heterocycles. The number of hydrogen-bond acceptors (Lipinski definition) is 22. The van der Waals surface area contributed by atoms with Gasteiger partial charge in [-0.05, 0) is 147 Å². The third-order valence-corrected chi connectivity index (χ3v) is 23.4. The zero-order valence-corrected chi connectivity index (χ0v) is 53.6. The van der Waals surface area contributed by atoms with Gasteiger partial charge in [0.05, 0.1) is 48.5 Å². The number of fused-ring (bicyclic) bond motifs is 7. The van der Waals surface area contributed by atoms with Crippen molar-refractivity contribution in [2.45, 2.75) is 237 Å². The summed E-state index contributed by atoms with van der Waals surface area (Å²) in [5, 5.41) is 118. The van der Waals surface area contributed by atoms with Gasteiger partial charge in [-0.2, -0.15) is 0 Å². The molecule has 3 heterocycles. The van der Waals surface area contributed by atoms with Crippen LogP contribution in [0.4, 0.5) is 0 Å². The Kier molecular flexibility index (Phi) is 20.7. The predicted octanol–water partition coefficient (Wildman–Crippen LogP) is 3.17. The summed E-state index contributed by atoms with van der Waals surface area (Å²) in [7, 11) is 0. The number of amides is 2. The number of aromatic hydroxyl groups is 1. The molecule has 0 aromatic heterocycles. The zero-order valence-electron chi connectivity index (χ0n) is 53.6. The van der Waals surface area contributed by atoms with Crippen LogP contribution in [0, 0.1) is 50.2 Å². The topological polar surface area (TPSA) is 376 Å². The van der Waals surface area contributed by atoms with Gasteiger partial charge in [0.1, 0.15) is 78.6 Å². The number of carbonyl (C=O) groups is 5. The molecule has 3 aliphatic heterocycles. The van der Waals surface area contributed by atoms with E-state index >= 15 is 4.79 Å². The van der Waals surface area contributed by atoms with Crippen LogP contribution in [0.5, 0.6) is 11.5 Å². The first-order chi connectivity index (χ1) is 43.5. The summed E-state index contributed by atoms with van der Waals surface area (Å²) in [5.74, 6) is -2.27. The van der Waals surface area contributed by atoms with E-state index in [-0.39, 0.29) is 78.0 Å². The Bertz CT molecular complexity index is 3020. The largest absolute Gasteiger partial charge is 0.507 e. The Morgan fingerprint density at radius 1 is 0.739 bits per heavy atom. The highest BCUT2D eigenvalue weighted by Crippen LogP contribution is 2.76. The first kappa shape index (κ1) is 69.8. The number of aliphatic hydroxyl groups is 9. The molecule has 92 heavy (non-hydrogen) atoms. The third-order valence-electron chi connectivity index (χ3n) is 23.4. The van der Waals surface area contributed by atoms with Crippen LogP contribution in [0.15, 0.2) is 54.1 Å². The average Bonchev–Trinajstić information content (AvgIpc) is 0.673. The van der Waals surface area contributed by atoms with Crippen molar-refractivity contribution in [3.05, 3.63) is 70.8 Å². The second-order valence-corrected chi connectivity index (χ2v) is 29.2. The van der Waals surface area contributed by atoms with E-state index in [1.54, 1.807) is 36.4 Å². The first-order valence-electron chi connectivity index (χ1n) is 32.8. The lowest BCUT2D eigenvalue weighted by Gasteiger charge is -2.71. The van der Waals surface area contributed by atoms with Gasteiger partial charge in [0.25, 0.3) is 5.91 Å². The second-order valence-electron chi connectivity index (χ2n) is 29.2. The standard InChI is InChI=1S/C68H96N2O22/c1-35-56(90-59-54(82)51(79)42(75)33-87-59)53(81)55(83)60(88-35)91-57-52(80)50(70-49(78)14-9-8-10-27-69-58(84)37-17-15-36(16-18-37)32-86-43-13-11-12-41(74)38(43)30-71)44(31-72)89-61(57)92-62(85)68-26-25-63(2,3)28-40(68)39-19-20-46-64(4)23-22-47(76)65(5,34-73)45(64)21-24-66(46,6)67(39,7)29-48(68)77/h11-13,15-19,30,34-35,40,42,44-48,50-57,59-61,72,74-77,79-83H,8-10,14,20-29,31-33H2,1-7H3,(H,69,84)(H,70,78)/t35-,40?,42-,44-,45-,46?,47?,48+,50?,51?,52?,53?,54?,55?,56?,57?,59+,60+,61+,64?,65?,66-,67-,68?/m1/s1. The maximum absolute atomic E-state index is 15.8. The fraction of sp³-hybridized carbons (Fsp3) is 0.721. The molecule has 8 aliphatic rings. The fourth-order valence-electron chi connectivity index (χ4n) is 17.7. The molecule has 12 N–H and O–H groups in total. The number of nitrogens with one attached hydrogen (secondary N) is 2. The summed E-state index contributed by atoms with van der Waals surface area (Å²) < 4.78 is 42.3. The van der Waals surface area contributed by atoms with E-state index in [1.165, 1.54) is 13.0 Å². The molecule has 2 aromatic rings. The molecule has 24 atom stereocenters. The Balaban J connectivity index is 0.840. The monoisotopic (exact) mass is 1290 g/mol. The maximum Gasteiger partial charge on any atom is 0.317 e. The molecule has 510 valence electrons. The Morgan fingerprint density at radius 3 is 2.16 bits per heavy atom. The van der Waals surface area contributed by atoms with E-state index in [0.29, 0.717) is 68.8 Å². The van der Waals surface area contributed by atoms with Gasteiger partial charge in [-0.1, -0.05) is 77.8 Å². The average molecular weight is 1290 g/mol. The number of phenols is 1. The van der Waals surface area contributed by atoms with Crippen LogP contribution < -0.4 is 15.4 Å². The van der Waals surface area contributed by atoms with Crippen molar-refractivity contribution in [2.75, 3.05) is 19.8 Å². The maximum atomic E-state index is 15.8. The summed E-state index contributed by atoms with van der Waals surface area (Å²) in [4.78, 5) is 66.9. The van der Waals surface area contributed by atoms with Crippen LogP contribution in [0.2, 0.25) is 0 Å². The van der Waals surface area contributed by atoms with Crippen molar-refractivity contribution in [1.82, 2.24) is 10.6 Å².